The molecule has 1 aromatic heterocycles. The van der Waals surface area contributed by atoms with Crippen LogP contribution in [0.2, 0.25) is 0 Å². The smallest absolute Gasteiger partial charge is 0.336 e. The lowest BCUT2D eigenvalue weighted by molar-refractivity contribution is -0.149. The van der Waals surface area contributed by atoms with Gasteiger partial charge < -0.3 is 28.4 Å². The molecule has 0 spiro atoms. The number of ether oxygens (including phenoxy) is 3. The molecule has 0 radical (unpaired) electrons. The van der Waals surface area contributed by atoms with Gasteiger partial charge in [-0.05, 0) is 75.6 Å². The Hall–Kier alpha value is -4.86. The molecule has 1 unspecified atom stereocenters. The second kappa shape index (κ2) is 14.3. The van der Waals surface area contributed by atoms with E-state index in [1.54, 1.807) is 37.8 Å². The molecule has 1 atom stereocenters. The summed E-state index contributed by atoms with van der Waals surface area (Å²) < 4.78 is 22.5. The van der Waals surface area contributed by atoms with Gasteiger partial charge in [-0.15, -0.1) is 0 Å². The minimum atomic E-state index is -0.529. The molecule has 0 saturated carbocycles. The van der Waals surface area contributed by atoms with Crippen LogP contribution in [0.4, 0.5) is 0 Å². The Bertz CT molecular complexity index is 1570. The second-order valence-electron chi connectivity index (χ2n) is 11.0. The molecule has 2 amide bonds. The van der Waals surface area contributed by atoms with Gasteiger partial charge in [-0.3, -0.25) is 14.4 Å². The number of nitrogens with zero attached hydrogens (tertiary/aromatic N) is 2. The molecular formula is C35H38N2O8. The van der Waals surface area contributed by atoms with Crippen molar-refractivity contribution in [1.82, 2.24) is 9.80 Å². The third-order valence-corrected chi connectivity index (χ3v) is 8.15. The van der Waals surface area contributed by atoms with E-state index in [9.17, 15) is 19.2 Å². The highest BCUT2D eigenvalue weighted by Crippen LogP contribution is 2.39. The minimum absolute atomic E-state index is 0.0438. The molecule has 236 valence electrons. The lowest BCUT2D eigenvalue weighted by Crippen LogP contribution is -2.40. The van der Waals surface area contributed by atoms with Crippen LogP contribution in [-0.4, -0.2) is 59.9 Å². The number of carbonyl (C=O) groups is 4. The van der Waals surface area contributed by atoms with Gasteiger partial charge in [0.15, 0.2) is 5.76 Å². The van der Waals surface area contributed by atoms with E-state index in [0.29, 0.717) is 61.1 Å². The number of piperidine rings is 1. The van der Waals surface area contributed by atoms with Gasteiger partial charge in [-0.1, -0.05) is 30.3 Å². The van der Waals surface area contributed by atoms with Crippen LogP contribution in [-0.2, 0) is 30.4 Å². The molecule has 0 aliphatic carbocycles. The summed E-state index contributed by atoms with van der Waals surface area (Å²) in [5, 5.41) is 0. The first-order valence-corrected chi connectivity index (χ1v) is 15.3. The first kappa shape index (κ1) is 31.6. The van der Waals surface area contributed by atoms with Crippen LogP contribution in [0.5, 0.6) is 11.5 Å². The summed E-state index contributed by atoms with van der Waals surface area (Å²) >= 11 is 0. The number of allylic oxidation sites excluding steroid dienone is 1. The number of amides is 2. The molecule has 1 fully saturated rings. The second-order valence-corrected chi connectivity index (χ2v) is 11.0. The van der Waals surface area contributed by atoms with E-state index in [4.69, 9.17) is 18.6 Å². The Labute approximate surface area is 262 Å². The van der Waals surface area contributed by atoms with Crippen molar-refractivity contribution in [3.8, 4) is 11.5 Å². The first-order chi connectivity index (χ1) is 21.8. The molecular weight excluding hydrogens is 576 g/mol. The third-order valence-electron chi connectivity index (χ3n) is 8.15. The van der Waals surface area contributed by atoms with Crippen molar-refractivity contribution in [2.24, 2.45) is 5.92 Å². The molecule has 45 heavy (non-hydrogen) atoms. The molecule has 0 N–H and O–H groups in total. The third kappa shape index (κ3) is 7.28. The highest BCUT2D eigenvalue weighted by Gasteiger charge is 2.38. The minimum Gasteiger partial charge on any atom is -0.466 e. The summed E-state index contributed by atoms with van der Waals surface area (Å²) in [5.41, 5.74) is 1.62. The fourth-order valence-corrected chi connectivity index (χ4v) is 5.85. The lowest BCUT2D eigenvalue weighted by atomic mass is 9.83. The van der Waals surface area contributed by atoms with E-state index in [0.717, 1.165) is 5.56 Å². The molecule has 0 bridgehead atoms. The molecule has 2 aliphatic heterocycles. The number of para-hydroxylation sites is 1. The zero-order valence-corrected chi connectivity index (χ0v) is 25.8. The van der Waals surface area contributed by atoms with Gasteiger partial charge in [0.25, 0.3) is 5.91 Å². The zero-order chi connectivity index (χ0) is 31.9. The summed E-state index contributed by atoms with van der Waals surface area (Å²) in [4.78, 5) is 55.2. The van der Waals surface area contributed by atoms with E-state index < -0.39 is 11.9 Å². The predicted octanol–water partition coefficient (Wildman–Crippen LogP) is 5.84. The Kier molecular flexibility index (Phi) is 10.0. The van der Waals surface area contributed by atoms with Crippen molar-refractivity contribution in [3.05, 3.63) is 95.1 Å². The summed E-state index contributed by atoms with van der Waals surface area (Å²) in [6.45, 7) is 6.66. The molecule has 3 aromatic rings. The molecule has 2 aromatic carbocycles. The fourth-order valence-electron chi connectivity index (χ4n) is 5.85. The van der Waals surface area contributed by atoms with E-state index in [-0.39, 0.29) is 49.0 Å². The standard InChI is InChI=1S/C35H38N2O8/c1-4-42-34(40)24-16-18-36(19-17-24)33(39)30-15-14-28(45-30)22-37-23(3)32(35(41)43-5-2)29(21-31(37)38)25-10-9-13-27(20-25)44-26-11-7-6-8-12-26/h6-15,20,24,29H,4-5,16-19,21-22H2,1-3H3. The van der Waals surface area contributed by atoms with E-state index in [1.807, 2.05) is 54.6 Å². The number of benzene rings is 2. The number of likely N-dealkylation sites (tertiary alicyclic amines) is 1. The van der Waals surface area contributed by atoms with Crippen LogP contribution in [0.1, 0.15) is 67.8 Å². The molecule has 2 aliphatic rings. The van der Waals surface area contributed by atoms with Gasteiger partial charge in [0.05, 0.1) is 31.2 Å². The van der Waals surface area contributed by atoms with E-state index >= 15 is 0 Å². The van der Waals surface area contributed by atoms with Crippen LogP contribution in [0.3, 0.4) is 0 Å². The number of esters is 2. The number of carbonyl (C=O) groups excluding carboxylic acids is 4. The number of hydrogen-bond acceptors (Lipinski definition) is 8. The van der Waals surface area contributed by atoms with Gasteiger partial charge in [-0.25, -0.2) is 4.79 Å². The van der Waals surface area contributed by atoms with Gasteiger partial charge in [-0.2, -0.15) is 0 Å². The number of hydrogen-bond donors (Lipinski definition) is 0. The van der Waals surface area contributed by atoms with Crippen molar-refractivity contribution in [2.45, 2.75) is 52.5 Å². The zero-order valence-electron chi connectivity index (χ0n) is 25.8. The average Bonchev–Trinajstić information content (AvgIpc) is 3.52. The van der Waals surface area contributed by atoms with Crippen molar-refractivity contribution in [3.63, 3.8) is 0 Å². The monoisotopic (exact) mass is 614 g/mol. The molecule has 10 nitrogen and oxygen atoms in total. The molecule has 10 heteroatoms. The number of furan rings is 1. The first-order valence-electron chi connectivity index (χ1n) is 15.3. The summed E-state index contributed by atoms with van der Waals surface area (Å²) in [6, 6.07) is 20.0. The average molecular weight is 615 g/mol. The van der Waals surface area contributed by atoms with Crippen LogP contribution >= 0.6 is 0 Å². The quantitative estimate of drug-likeness (QED) is 0.262. The summed E-state index contributed by atoms with van der Waals surface area (Å²) in [6.07, 6.45) is 1.11. The van der Waals surface area contributed by atoms with Gasteiger partial charge in [0, 0.05) is 31.1 Å². The van der Waals surface area contributed by atoms with Crippen LogP contribution in [0, 0.1) is 5.92 Å². The van der Waals surface area contributed by atoms with Crippen LogP contribution in [0.15, 0.2) is 82.4 Å². The Morgan fingerprint density at radius 1 is 0.889 bits per heavy atom. The SMILES string of the molecule is CCOC(=O)C1=C(C)N(Cc2ccc(C(=O)N3CCC(C(=O)OCC)CC3)o2)C(=O)CC1c1cccc(Oc2ccccc2)c1. The summed E-state index contributed by atoms with van der Waals surface area (Å²) in [5.74, 6) is -0.0864. The fraction of sp³-hybridized carbons (Fsp3) is 0.371. The maximum Gasteiger partial charge on any atom is 0.336 e. The maximum atomic E-state index is 13.6. The topological polar surface area (TPSA) is 116 Å². The van der Waals surface area contributed by atoms with Crippen LogP contribution in [0.25, 0.3) is 0 Å². The van der Waals surface area contributed by atoms with Crippen molar-refractivity contribution in [1.29, 1.82) is 0 Å². The highest BCUT2D eigenvalue weighted by atomic mass is 16.5. The predicted molar refractivity (Wildman–Crippen MR) is 164 cm³/mol. The van der Waals surface area contributed by atoms with Crippen molar-refractivity contribution < 1.29 is 37.8 Å². The number of rotatable bonds is 10. The normalized spacial score (nSPS) is 17.3. The Morgan fingerprint density at radius 2 is 1.60 bits per heavy atom. The largest absolute Gasteiger partial charge is 0.466 e. The Balaban J connectivity index is 1.33. The van der Waals surface area contributed by atoms with Crippen LogP contribution < -0.4 is 4.74 Å². The van der Waals surface area contributed by atoms with E-state index in [2.05, 4.69) is 0 Å². The Morgan fingerprint density at radius 3 is 2.31 bits per heavy atom. The van der Waals surface area contributed by atoms with Crippen molar-refractivity contribution >= 4 is 23.8 Å². The molecule has 1 saturated heterocycles. The maximum absolute atomic E-state index is 13.6. The summed E-state index contributed by atoms with van der Waals surface area (Å²) in [7, 11) is 0. The van der Waals surface area contributed by atoms with Gasteiger partial charge >= 0.3 is 11.9 Å². The van der Waals surface area contributed by atoms with Gasteiger partial charge in [0.2, 0.25) is 5.91 Å². The van der Waals surface area contributed by atoms with Crippen molar-refractivity contribution in [2.75, 3.05) is 26.3 Å². The van der Waals surface area contributed by atoms with E-state index in [1.165, 1.54) is 4.90 Å². The van der Waals surface area contributed by atoms with Gasteiger partial charge in [0.1, 0.15) is 17.3 Å². The molecule has 3 heterocycles. The lowest BCUT2D eigenvalue weighted by Gasteiger charge is -2.34. The highest BCUT2D eigenvalue weighted by molar-refractivity contribution is 5.96. The molecule has 5 rings (SSSR count).